The molecule has 4 nitrogen and oxygen atoms in total. The zero-order valence-corrected chi connectivity index (χ0v) is 19.6. The summed E-state index contributed by atoms with van der Waals surface area (Å²) in [5.74, 6) is -0.288. The molecule has 1 fully saturated rings. The molecule has 1 aliphatic heterocycles. The first kappa shape index (κ1) is 22.7. The second kappa shape index (κ2) is 9.53. The number of hydrogen-bond acceptors (Lipinski definition) is 3. The van der Waals surface area contributed by atoms with Gasteiger partial charge in [-0.05, 0) is 54.8 Å². The first-order chi connectivity index (χ1) is 15.3. The summed E-state index contributed by atoms with van der Waals surface area (Å²) in [6, 6.07) is 21.0. The van der Waals surface area contributed by atoms with Crippen molar-refractivity contribution in [3.8, 4) is 0 Å². The third kappa shape index (κ3) is 4.78. The monoisotopic (exact) mass is 468 g/mol. The lowest BCUT2D eigenvalue weighted by Crippen LogP contribution is -2.51. The van der Waals surface area contributed by atoms with Crippen LogP contribution in [0.3, 0.4) is 0 Å². The molecule has 1 heterocycles. The average molecular weight is 469 g/mol. The highest BCUT2D eigenvalue weighted by Crippen LogP contribution is 2.36. The normalized spacial score (nSPS) is 17.3. The van der Waals surface area contributed by atoms with Crippen LogP contribution in [0.15, 0.2) is 66.7 Å². The van der Waals surface area contributed by atoms with Gasteiger partial charge in [-0.15, -0.1) is 0 Å². The predicted octanol–water partition coefficient (Wildman–Crippen LogP) is 5.73. The van der Waals surface area contributed by atoms with Crippen LogP contribution in [0, 0.1) is 13.8 Å². The smallest absolute Gasteiger partial charge is 0.256 e. The van der Waals surface area contributed by atoms with Crippen molar-refractivity contribution < 1.29 is 9.90 Å². The van der Waals surface area contributed by atoms with Gasteiger partial charge >= 0.3 is 0 Å². The number of amides is 1. The standard InChI is InChI=1S/C26H26Cl2N2O2/c1-17-4-3-5-20(14-17)25(31)26(32)29-12-13-30(23-11-6-18(2)15-22(23)28)24(16-29)19-7-9-21(27)10-8-19/h3-11,14-15,24-25,31H,12-13,16H2,1-2H3/t24-,25?/m0/s1. The van der Waals surface area contributed by atoms with Crippen LogP contribution in [-0.2, 0) is 4.79 Å². The molecule has 1 N–H and O–H groups in total. The van der Waals surface area contributed by atoms with E-state index in [9.17, 15) is 9.90 Å². The van der Waals surface area contributed by atoms with E-state index in [-0.39, 0.29) is 11.9 Å². The van der Waals surface area contributed by atoms with Gasteiger partial charge in [-0.1, -0.05) is 71.2 Å². The Kier molecular flexibility index (Phi) is 6.75. The maximum absolute atomic E-state index is 13.2. The summed E-state index contributed by atoms with van der Waals surface area (Å²) in [4.78, 5) is 17.2. The minimum absolute atomic E-state index is 0.116. The molecule has 0 spiro atoms. The molecule has 0 saturated carbocycles. The van der Waals surface area contributed by atoms with Gasteiger partial charge in [-0.2, -0.15) is 0 Å². The number of halogens is 2. The number of rotatable bonds is 4. The molecule has 166 valence electrons. The second-order valence-corrected chi connectivity index (χ2v) is 9.16. The number of piperazine rings is 1. The fourth-order valence-corrected chi connectivity index (χ4v) is 4.71. The van der Waals surface area contributed by atoms with Crippen LogP contribution in [0.5, 0.6) is 0 Å². The fraction of sp³-hybridized carbons (Fsp3) is 0.269. The summed E-state index contributed by atoms with van der Waals surface area (Å²) in [5, 5.41) is 12.1. The third-order valence-electron chi connectivity index (χ3n) is 5.95. The van der Waals surface area contributed by atoms with Crippen LogP contribution in [0.1, 0.15) is 34.4 Å². The van der Waals surface area contributed by atoms with Gasteiger partial charge in [0, 0.05) is 24.7 Å². The van der Waals surface area contributed by atoms with Gasteiger partial charge in [0.25, 0.3) is 5.91 Å². The van der Waals surface area contributed by atoms with E-state index in [0.717, 1.165) is 22.4 Å². The lowest BCUT2D eigenvalue weighted by atomic mass is 9.99. The number of aryl methyl sites for hydroxylation is 2. The Morgan fingerprint density at radius 2 is 1.69 bits per heavy atom. The molecular formula is C26H26Cl2N2O2. The van der Waals surface area contributed by atoms with E-state index in [0.29, 0.717) is 35.2 Å². The molecule has 1 aliphatic rings. The third-order valence-corrected chi connectivity index (χ3v) is 6.51. The van der Waals surface area contributed by atoms with E-state index in [1.54, 1.807) is 11.0 Å². The molecule has 2 atom stereocenters. The zero-order valence-electron chi connectivity index (χ0n) is 18.1. The minimum Gasteiger partial charge on any atom is -0.378 e. The van der Waals surface area contributed by atoms with E-state index in [4.69, 9.17) is 23.2 Å². The van der Waals surface area contributed by atoms with Gasteiger partial charge in [0.05, 0.1) is 16.8 Å². The van der Waals surface area contributed by atoms with Crippen molar-refractivity contribution in [1.82, 2.24) is 4.90 Å². The van der Waals surface area contributed by atoms with Gasteiger partial charge in [-0.25, -0.2) is 0 Å². The Morgan fingerprint density at radius 1 is 0.969 bits per heavy atom. The fourth-order valence-electron chi connectivity index (χ4n) is 4.24. The molecule has 6 heteroatoms. The lowest BCUT2D eigenvalue weighted by Gasteiger charge is -2.44. The number of anilines is 1. The zero-order chi connectivity index (χ0) is 22.8. The van der Waals surface area contributed by atoms with Crippen molar-refractivity contribution in [2.75, 3.05) is 24.5 Å². The van der Waals surface area contributed by atoms with Crippen LogP contribution in [-0.4, -0.2) is 35.5 Å². The van der Waals surface area contributed by atoms with Gasteiger partial charge in [0.1, 0.15) is 0 Å². The SMILES string of the molecule is Cc1cccc(C(O)C(=O)N2CCN(c3ccc(C)cc3Cl)[C@H](c3ccc(Cl)cc3)C2)c1. The Hall–Kier alpha value is -2.53. The van der Waals surface area contributed by atoms with E-state index in [1.165, 1.54) is 0 Å². The number of hydrogen-bond donors (Lipinski definition) is 1. The van der Waals surface area contributed by atoms with Crippen LogP contribution in [0.2, 0.25) is 10.0 Å². The van der Waals surface area contributed by atoms with Gasteiger partial charge in [-0.3, -0.25) is 4.79 Å². The molecule has 3 aromatic rings. The van der Waals surface area contributed by atoms with E-state index in [1.807, 2.05) is 74.5 Å². The maximum atomic E-state index is 13.2. The summed E-state index contributed by atoms with van der Waals surface area (Å²) in [7, 11) is 0. The van der Waals surface area contributed by atoms with Crippen molar-refractivity contribution in [1.29, 1.82) is 0 Å². The molecule has 1 unspecified atom stereocenters. The number of carbonyl (C=O) groups is 1. The van der Waals surface area contributed by atoms with Crippen LogP contribution in [0.4, 0.5) is 5.69 Å². The first-order valence-electron chi connectivity index (χ1n) is 10.6. The lowest BCUT2D eigenvalue weighted by molar-refractivity contribution is -0.141. The van der Waals surface area contributed by atoms with Crippen molar-refractivity contribution in [3.05, 3.63) is 99.0 Å². The number of aliphatic hydroxyl groups is 1. The Morgan fingerprint density at radius 3 is 2.38 bits per heavy atom. The molecule has 0 aliphatic carbocycles. The van der Waals surface area contributed by atoms with Crippen LogP contribution >= 0.6 is 23.2 Å². The topological polar surface area (TPSA) is 43.8 Å². The molecule has 32 heavy (non-hydrogen) atoms. The Bertz CT molecular complexity index is 1120. The Labute approximate surface area is 199 Å². The first-order valence-corrected chi connectivity index (χ1v) is 11.4. The summed E-state index contributed by atoms with van der Waals surface area (Å²) in [6.45, 7) is 5.49. The number of carbonyl (C=O) groups excluding carboxylic acids is 1. The highest BCUT2D eigenvalue weighted by atomic mass is 35.5. The molecular weight excluding hydrogens is 443 g/mol. The van der Waals surface area contributed by atoms with Gasteiger partial charge in [0.2, 0.25) is 0 Å². The minimum atomic E-state index is -1.18. The highest BCUT2D eigenvalue weighted by Gasteiger charge is 2.34. The summed E-state index contributed by atoms with van der Waals surface area (Å²) >= 11 is 12.7. The Balaban J connectivity index is 1.64. The quantitative estimate of drug-likeness (QED) is 0.531. The second-order valence-electron chi connectivity index (χ2n) is 8.32. The predicted molar refractivity (Wildman–Crippen MR) is 130 cm³/mol. The average Bonchev–Trinajstić information content (AvgIpc) is 2.78. The maximum Gasteiger partial charge on any atom is 0.256 e. The summed E-state index contributed by atoms with van der Waals surface area (Å²) in [6.07, 6.45) is -1.18. The molecule has 0 bridgehead atoms. The van der Waals surface area contributed by atoms with E-state index >= 15 is 0 Å². The van der Waals surface area contributed by atoms with Crippen molar-refractivity contribution in [2.24, 2.45) is 0 Å². The molecule has 1 amide bonds. The van der Waals surface area contributed by atoms with Crippen LogP contribution < -0.4 is 4.90 Å². The molecule has 3 aromatic carbocycles. The van der Waals surface area contributed by atoms with Crippen molar-refractivity contribution in [3.63, 3.8) is 0 Å². The van der Waals surface area contributed by atoms with Gasteiger partial charge < -0.3 is 14.9 Å². The number of benzene rings is 3. The number of nitrogens with zero attached hydrogens (tertiary/aromatic N) is 2. The summed E-state index contributed by atoms with van der Waals surface area (Å²) < 4.78 is 0. The van der Waals surface area contributed by atoms with E-state index < -0.39 is 6.10 Å². The molecule has 0 radical (unpaired) electrons. The number of aliphatic hydroxyl groups excluding tert-OH is 1. The molecule has 4 rings (SSSR count). The highest BCUT2D eigenvalue weighted by molar-refractivity contribution is 6.33. The van der Waals surface area contributed by atoms with Crippen molar-refractivity contribution >= 4 is 34.8 Å². The van der Waals surface area contributed by atoms with Gasteiger partial charge in [0.15, 0.2) is 6.10 Å². The molecule has 1 saturated heterocycles. The summed E-state index contributed by atoms with van der Waals surface area (Å²) in [5.41, 5.74) is 4.68. The largest absolute Gasteiger partial charge is 0.378 e. The molecule has 0 aromatic heterocycles. The van der Waals surface area contributed by atoms with Crippen molar-refractivity contribution in [2.45, 2.75) is 26.0 Å². The van der Waals surface area contributed by atoms with E-state index in [2.05, 4.69) is 4.90 Å². The van der Waals surface area contributed by atoms with Crippen LogP contribution in [0.25, 0.3) is 0 Å².